The molecule has 1 heterocycles. The molecule has 20 heavy (non-hydrogen) atoms. The van der Waals surface area contributed by atoms with Gasteiger partial charge in [0.25, 0.3) is 0 Å². The fourth-order valence-corrected chi connectivity index (χ4v) is 3.00. The lowest BCUT2D eigenvalue weighted by atomic mass is 9.77. The lowest BCUT2D eigenvalue weighted by Crippen LogP contribution is -2.51. The van der Waals surface area contributed by atoms with E-state index in [2.05, 4.69) is 17.2 Å². The Balaban J connectivity index is 2.03. The number of aromatic nitrogens is 1. The number of pyridine rings is 1. The van der Waals surface area contributed by atoms with E-state index in [0.717, 1.165) is 19.3 Å². The van der Waals surface area contributed by atoms with E-state index in [9.17, 15) is 9.90 Å². The van der Waals surface area contributed by atoms with Crippen molar-refractivity contribution in [3.63, 3.8) is 0 Å². The number of aromatic carboxylic acids is 1. The molecule has 0 saturated heterocycles. The molecule has 0 amide bonds. The molecule has 1 fully saturated rings. The molecule has 0 radical (unpaired) electrons. The second kappa shape index (κ2) is 6.33. The summed E-state index contributed by atoms with van der Waals surface area (Å²) in [5.74, 6) is -0.420. The lowest BCUT2D eigenvalue weighted by molar-refractivity contribution is 0.0689. The summed E-state index contributed by atoms with van der Waals surface area (Å²) in [6.45, 7) is 2.79. The first-order valence-corrected chi connectivity index (χ1v) is 7.10. The summed E-state index contributed by atoms with van der Waals surface area (Å²) < 4.78 is 0. The summed E-state index contributed by atoms with van der Waals surface area (Å²) >= 11 is 0. The second-order valence-corrected chi connectivity index (χ2v) is 5.81. The van der Waals surface area contributed by atoms with Gasteiger partial charge in [0.1, 0.15) is 5.69 Å². The van der Waals surface area contributed by atoms with Crippen molar-refractivity contribution in [1.82, 2.24) is 10.3 Å². The molecular weight excluding hydrogens is 256 g/mol. The van der Waals surface area contributed by atoms with Crippen molar-refractivity contribution >= 4 is 5.97 Å². The Hall–Kier alpha value is -1.46. The molecule has 3 N–H and O–H groups in total. The van der Waals surface area contributed by atoms with Crippen molar-refractivity contribution in [2.24, 2.45) is 5.92 Å². The van der Waals surface area contributed by atoms with E-state index in [1.165, 1.54) is 12.5 Å². The van der Waals surface area contributed by atoms with Crippen LogP contribution in [0.1, 0.15) is 48.8 Å². The van der Waals surface area contributed by atoms with E-state index >= 15 is 0 Å². The van der Waals surface area contributed by atoms with Crippen LogP contribution in [0.4, 0.5) is 0 Å². The number of aliphatic hydroxyl groups excluding tert-OH is 1. The number of aliphatic hydroxyl groups is 1. The zero-order valence-corrected chi connectivity index (χ0v) is 11.8. The Morgan fingerprint density at radius 2 is 2.35 bits per heavy atom. The van der Waals surface area contributed by atoms with Gasteiger partial charge in [-0.15, -0.1) is 0 Å². The third-order valence-corrected chi connectivity index (χ3v) is 4.06. The standard InChI is InChI=1S/C15H22N2O3/c1-11-4-3-7-15(8-11,10-18)16-9-12-5-2-6-13(17-12)14(19)20/h2,5-6,11,16,18H,3-4,7-10H2,1H3,(H,19,20). The molecule has 1 saturated carbocycles. The maximum Gasteiger partial charge on any atom is 0.354 e. The monoisotopic (exact) mass is 278 g/mol. The van der Waals surface area contributed by atoms with Crippen LogP contribution >= 0.6 is 0 Å². The van der Waals surface area contributed by atoms with Gasteiger partial charge in [-0.3, -0.25) is 0 Å². The molecule has 2 unspecified atom stereocenters. The minimum atomic E-state index is -1.02. The number of carbonyl (C=O) groups is 1. The van der Waals surface area contributed by atoms with Crippen LogP contribution in [0.15, 0.2) is 18.2 Å². The van der Waals surface area contributed by atoms with Crippen molar-refractivity contribution in [3.8, 4) is 0 Å². The molecule has 5 nitrogen and oxygen atoms in total. The molecule has 2 rings (SSSR count). The highest BCUT2D eigenvalue weighted by Crippen LogP contribution is 2.32. The van der Waals surface area contributed by atoms with Crippen molar-refractivity contribution in [2.45, 2.75) is 44.7 Å². The summed E-state index contributed by atoms with van der Waals surface area (Å²) in [5.41, 5.74) is 0.494. The quantitative estimate of drug-likeness (QED) is 0.765. The maximum absolute atomic E-state index is 10.9. The average Bonchev–Trinajstić information content (AvgIpc) is 2.45. The highest BCUT2D eigenvalue weighted by Gasteiger charge is 2.33. The van der Waals surface area contributed by atoms with Gasteiger partial charge in [-0.2, -0.15) is 0 Å². The highest BCUT2D eigenvalue weighted by atomic mass is 16.4. The van der Waals surface area contributed by atoms with Crippen LogP contribution in [-0.4, -0.2) is 33.3 Å². The minimum absolute atomic E-state index is 0.0550. The van der Waals surface area contributed by atoms with Crippen molar-refractivity contribution in [3.05, 3.63) is 29.6 Å². The molecule has 0 spiro atoms. The minimum Gasteiger partial charge on any atom is -0.477 e. The van der Waals surface area contributed by atoms with Gasteiger partial charge in [-0.05, 0) is 30.9 Å². The highest BCUT2D eigenvalue weighted by molar-refractivity contribution is 5.85. The first kappa shape index (κ1) is 14.9. The number of hydrogen-bond acceptors (Lipinski definition) is 4. The van der Waals surface area contributed by atoms with E-state index in [1.807, 2.05) is 0 Å². The Morgan fingerprint density at radius 1 is 1.55 bits per heavy atom. The SMILES string of the molecule is CC1CCCC(CO)(NCc2cccc(C(=O)O)n2)C1. The van der Waals surface area contributed by atoms with Crippen molar-refractivity contribution < 1.29 is 15.0 Å². The van der Waals surface area contributed by atoms with Gasteiger partial charge >= 0.3 is 5.97 Å². The third kappa shape index (κ3) is 3.55. The van der Waals surface area contributed by atoms with Gasteiger partial charge in [0, 0.05) is 12.1 Å². The van der Waals surface area contributed by atoms with E-state index in [4.69, 9.17) is 5.11 Å². The summed E-state index contributed by atoms with van der Waals surface area (Å²) in [6.07, 6.45) is 4.21. The molecule has 110 valence electrons. The number of hydrogen-bond donors (Lipinski definition) is 3. The Morgan fingerprint density at radius 3 is 3.00 bits per heavy atom. The van der Waals surface area contributed by atoms with Crippen LogP contribution in [0.25, 0.3) is 0 Å². The van der Waals surface area contributed by atoms with Gasteiger partial charge in [0.2, 0.25) is 0 Å². The van der Waals surface area contributed by atoms with E-state index < -0.39 is 5.97 Å². The Kier molecular flexibility index (Phi) is 4.73. The molecule has 0 aliphatic heterocycles. The number of nitrogens with zero attached hydrogens (tertiary/aromatic N) is 1. The molecule has 1 aromatic rings. The van der Waals surface area contributed by atoms with Crippen molar-refractivity contribution in [2.75, 3.05) is 6.61 Å². The maximum atomic E-state index is 10.9. The number of rotatable bonds is 5. The van der Waals surface area contributed by atoms with Gasteiger partial charge in [0.05, 0.1) is 12.3 Å². The van der Waals surface area contributed by atoms with E-state index in [-0.39, 0.29) is 17.8 Å². The number of carboxylic acid groups (broad SMARTS) is 1. The number of carboxylic acids is 1. The molecule has 2 atom stereocenters. The van der Waals surface area contributed by atoms with Gasteiger partial charge in [-0.1, -0.05) is 25.8 Å². The van der Waals surface area contributed by atoms with E-state index in [1.54, 1.807) is 12.1 Å². The van der Waals surface area contributed by atoms with E-state index in [0.29, 0.717) is 18.2 Å². The molecule has 1 aliphatic carbocycles. The van der Waals surface area contributed by atoms with Crippen LogP contribution in [0, 0.1) is 5.92 Å². The zero-order valence-electron chi connectivity index (χ0n) is 11.8. The predicted molar refractivity (Wildman–Crippen MR) is 75.5 cm³/mol. The zero-order chi connectivity index (χ0) is 14.6. The molecule has 1 aromatic heterocycles. The normalized spacial score (nSPS) is 26.4. The number of nitrogens with one attached hydrogen (secondary N) is 1. The second-order valence-electron chi connectivity index (χ2n) is 5.81. The third-order valence-electron chi connectivity index (χ3n) is 4.06. The molecule has 5 heteroatoms. The average molecular weight is 278 g/mol. The van der Waals surface area contributed by atoms with Crippen LogP contribution < -0.4 is 5.32 Å². The Labute approximate surface area is 119 Å². The molecule has 0 aromatic carbocycles. The topological polar surface area (TPSA) is 82.5 Å². The van der Waals surface area contributed by atoms with Gasteiger partial charge < -0.3 is 15.5 Å². The summed E-state index contributed by atoms with van der Waals surface area (Å²) in [5, 5.41) is 22.0. The molecule has 0 bridgehead atoms. The smallest absolute Gasteiger partial charge is 0.354 e. The first-order valence-electron chi connectivity index (χ1n) is 7.10. The fourth-order valence-electron chi connectivity index (χ4n) is 3.00. The molecule has 1 aliphatic rings. The first-order chi connectivity index (χ1) is 9.54. The van der Waals surface area contributed by atoms with Gasteiger partial charge in [-0.25, -0.2) is 9.78 Å². The molecular formula is C15H22N2O3. The van der Waals surface area contributed by atoms with Crippen molar-refractivity contribution in [1.29, 1.82) is 0 Å². The fraction of sp³-hybridized carbons (Fsp3) is 0.600. The van der Waals surface area contributed by atoms with Crippen LogP contribution in [0.2, 0.25) is 0 Å². The van der Waals surface area contributed by atoms with Crippen LogP contribution in [0.5, 0.6) is 0 Å². The summed E-state index contributed by atoms with van der Waals surface area (Å²) in [6, 6.07) is 4.98. The predicted octanol–water partition coefficient (Wildman–Crippen LogP) is 1.81. The largest absolute Gasteiger partial charge is 0.477 e. The Bertz CT molecular complexity index is 478. The summed E-state index contributed by atoms with van der Waals surface area (Å²) in [4.78, 5) is 15.0. The van der Waals surface area contributed by atoms with Gasteiger partial charge in [0.15, 0.2) is 0 Å². The summed E-state index contributed by atoms with van der Waals surface area (Å²) in [7, 11) is 0. The van der Waals surface area contributed by atoms with Crippen LogP contribution in [-0.2, 0) is 6.54 Å². The van der Waals surface area contributed by atoms with Crippen LogP contribution in [0.3, 0.4) is 0 Å². The lowest BCUT2D eigenvalue weighted by Gasteiger charge is -2.39.